The minimum absolute atomic E-state index is 0.166. The zero-order valence-electron chi connectivity index (χ0n) is 12.4. The maximum absolute atomic E-state index is 6.35. The number of ether oxygens (including phenoxy) is 1. The normalized spacial score (nSPS) is 22.4. The molecule has 2 nitrogen and oxygen atoms in total. The van der Waals surface area contributed by atoms with Gasteiger partial charge in [0.1, 0.15) is 11.9 Å². The molecule has 110 valence electrons. The van der Waals surface area contributed by atoms with Crippen LogP contribution in [-0.2, 0) is 6.54 Å². The third kappa shape index (κ3) is 2.99. The molecular formula is C18H21NOS. The van der Waals surface area contributed by atoms with Gasteiger partial charge in [0.2, 0.25) is 0 Å². The largest absolute Gasteiger partial charge is 0.484 e. The summed E-state index contributed by atoms with van der Waals surface area (Å²) in [6, 6.07) is 8.78. The van der Waals surface area contributed by atoms with Gasteiger partial charge in [0.25, 0.3) is 0 Å². The highest BCUT2D eigenvalue weighted by Crippen LogP contribution is 2.35. The van der Waals surface area contributed by atoms with E-state index in [1.165, 1.54) is 36.1 Å². The molecule has 2 heterocycles. The van der Waals surface area contributed by atoms with Crippen LogP contribution in [0.25, 0.3) is 0 Å². The van der Waals surface area contributed by atoms with E-state index in [-0.39, 0.29) is 6.10 Å². The second kappa shape index (κ2) is 5.47. The summed E-state index contributed by atoms with van der Waals surface area (Å²) >= 11 is 1.75. The number of fused-ring (bicyclic) bond motifs is 1. The summed E-state index contributed by atoms with van der Waals surface area (Å²) in [6.07, 6.45) is 2.97. The first kappa shape index (κ1) is 13.4. The van der Waals surface area contributed by atoms with Crippen LogP contribution in [0.2, 0.25) is 0 Å². The van der Waals surface area contributed by atoms with E-state index >= 15 is 0 Å². The smallest absolute Gasteiger partial charge is 0.137 e. The molecule has 1 aliphatic heterocycles. The van der Waals surface area contributed by atoms with Crippen molar-refractivity contribution in [2.24, 2.45) is 5.92 Å². The zero-order valence-corrected chi connectivity index (χ0v) is 13.2. The fourth-order valence-corrected chi connectivity index (χ4v) is 3.82. The Bertz CT molecular complexity index is 618. The summed E-state index contributed by atoms with van der Waals surface area (Å²) in [6.45, 7) is 5.40. The van der Waals surface area contributed by atoms with Crippen molar-refractivity contribution in [2.45, 2.75) is 32.4 Å². The Labute approximate surface area is 130 Å². The quantitative estimate of drug-likeness (QED) is 0.833. The lowest BCUT2D eigenvalue weighted by atomic mass is 10.1. The van der Waals surface area contributed by atoms with E-state index in [0.29, 0.717) is 0 Å². The van der Waals surface area contributed by atoms with Crippen LogP contribution in [0.1, 0.15) is 35.6 Å². The molecule has 1 saturated carbocycles. The van der Waals surface area contributed by atoms with Crippen LogP contribution in [0.5, 0.6) is 5.75 Å². The van der Waals surface area contributed by atoms with Crippen LogP contribution in [0, 0.1) is 12.8 Å². The molecule has 0 amide bonds. The topological polar surface area (TPSA) is 12.5 Å². The van der Waals surface area contributed by atoms with E-state index in [1.54, 1.807) is 11.3 Å². The maximum Gasteiger partial charge on any atom is 0.137 e. The number of hydrogen-bond donors (Lipinski definition) is 0. The third-order valence-electron chi connectivity index (χ3n) is 4.43. The Balaban J connectivity index is 1.65. The van der Waals surface area contributed by atoms with Crippen LogP contribution < -0.4 is 4.74 Å². The molecule has 0 N–H and O–H groups in total. The molecule has 2 aromatic rings. The molecule has 2 aliphatic rings. The summed E-state index contributed by atoms with van der Waals surface area (Å²) in [5.41, 5.74) is 3.97. The average molecular weight is 299 g/mol. The summed E-state index contributed by atoms with van der Waals surface area (Å²) in [7, 11) is 0. The second-order valence-corrected chi connectivity index (χ2v) is 7.19. The Morgan fingerprint density at radius 3 is 2.95 bits per heavy atom. The molecule has 1 unspecified atom stereocenters. The van der Waals surface area contributed by atoms with E-state index in [9.17, 15) is 0 Å². The van der Waals surface area contributed by atoms with Crippen molar-refractivity contribution in [1.29, 1.82) is 0 Å². The third-order valence-corrected chi connectivity index (χ3v) is 5.13. The second-order valence-electron chi connectivity index (χ2n) is 6.41. The average Bonchev–Trinajstić information content (AvgIpc) is 3.14. The molecule has 1 atom stereocenters. The number of thiophene rings is 1. The lowest BCUT2D eigenvalue weighted by Crippen LogP contribution is -2.29. The van der Waals surface area contributed by atoms with Gasteiger partial charge in [-0.1, -0.05) is 17.7 Å². The Hall–Kier alpha value is -1.32. The number of benzene rings is 1. The molecule has 1 aromatic carbocycles. The van der Waals surface area contributed by atoms with Crippen molar-refractivity contribution in [2.75, 3.05) is 13.1 Å². The molecule has 4 rings (SSSR count). The number of aryl methyl sites for hydroxylation is 1. The highest BCUT2D eigenvalue weighted by Gasteiger charge is 2.29. The molecule has 0 saturated heterocycles. The fourth-order valence-electron chi connectivity index (χ4n) is 3.11. The van der Waals surface area contributed by atoms with Gasteiger partial charge in [-0.3, -0.25) is 4.90 Å². The molecule has 0 bridgehead atoms. The summed E-state index contributed by atoms with van der Waals surface area (Å²) in [5, 5.41) is 4.37. The summed E-state index contributed by atoms with van der Waals surface area (Å²) < 4.78 is 6.35. The van der Waals surface area contributed by atoms with E-state index in [1.807, 2.05) is 0 Å². The lowest BCUT2D eigenvalue weighted by molar-refractivity contribution is 0.145. The molecule has 3 heteroatoms. The molecule has 1 fully saturated rings. The Kier molecular flexibility index (Phi) is 3.48. The van der Waals surface area contributed by atoms with Gasteiger partial charge in [0.05, 0.1) is 0 Å². The maximum atomic E-state index is 6.35. The van der Waals surface area contributed by atoms with E-state index < -0.39 is 0 Å². The fraction of sp³-hybridized carbons (Fsp3) is 0.444. The molecule has 0 spiro atoms. The van der Waals surface area contributed by atoms with Crippen molar-refractivity contribution >= 4 is 11.3 Å². The number of hydrogen-bond acceptors (Lipinski definition) is 3. The lowest BCUT2D eigenvalue weighted by Gasteiger charge is -2.23. The van der Waals surface area contributed by atoms with Crippen molar-refractivity contribution < 1.29 is 4.74 Å². The van der Waals surface area contributed by atoms with Crippen molar-refractivity contribution in [1.82, 2.24) is 4.90 Å². The van der Waals surface area contributed by atoms with E-state index in [4.69, 9.17) is 4.74 Å². The summed E-state index contributed by atoms with van der Waals surface area (Å²) in [5.74, 6) is 1.98. The minimum Gasteiger partial charge on any atom is -0.484 e. The summed E-state index contributed by atoms with van der Waals surface area (Å²) in [4.78, 5) is 2.59. The van der Waals surface area contributed by atoms with Crippen molar-refractivity contribution in [3.63, 3.8) is 0 Å². The standard InChI is InChI=1S/C18H21NOS/c1-13-2-5-17-16(8-13)10-19(9-14-3-4-14)11-18(20-17)15-6-7-21-12-15/h2,5-8,12,14,18H,3-4,9-11H2,1H3. The van der Waals surface area contributed by atoms with Gasteiger partial charge in [-0.2, -0.15) is 11.3 Å². The molecule has 0 radical (unpaired) electrons. The predicted octanol–water partition coefficient (Wildman–Crippen LogP) is 4.40. The van der Waals surface area contributed by atoms with Gasteiger partial charge in [-0.05, 0) is 48.6 Å². The first-order chi connectivity index (χ1) is 10.3. The Morgan fingerprint density at radius 2 is 2.19 bits per heavy atom. The molecule has 1 aromatic heterocycles. The van der Waals surface area contributed by atoms with Gasteiger partial charge < -0.3 is 4.74 Å². The minimum atomic E-state index is 0.166. The monoisotopic (exact) mass is 299 g/mol. The first-order valence-corrected chi connectivity index (χ1v) is 8.73. The molecular weight excluding hydrogens is 278 g/mol. The van der Waals surface area contributed by atoms with Gasteiger partial charge in [0.15, 0.2) is 0 Å². The van der Waals surface area contributed by atoms with Crippen LogP contribution in [-0.4, -0.2) is 18.0 Å². The van der Waals surface area contributed by atoms with E-state index in [2.05, 4.69) is 46.8 Å². The van der Waals surface area contributed by atoms with Crippen LogP contribution in [0.3, 0.4) is 0 Å². The zero-order chi connectivity index (χ0) is 14.2. The van der Waals surface area contributed by atoms with Crippen molar-refractivity contribution in [3.8, 4) is 5.75 Å². The van der Waals surface area contributed by atoms with Crippen LogP contribution >= 0.6 is 11.3 Å². The molecule has 21 heavy (non-hydrogen) atoms. The van der Waals surface area contributed by atoms with Gasteiger partial charge >= 0.3 is 0 Å². The van der Waals surface area contributed by atoms with Gasteiger partial charge in [-0.25, -0.2) is 0 Å². The van der Waals surface area contributed by atoms with Gasteiger partial charge in [-0.15, -0.1) is 0 Å². The highest BCUT2D eigenvalue weighted by molar-refractivity contribution is 7.07. The SMILES string of the molecule is Cc1ccc2c(c1)CN(CC1CC1)CC(c1ccsc1)O2. The van der Waals surface area contributed by atoms with Crippen molar-refractivity contribution in [3.05, 3.63) is 51.7 Å². The first-order valence-electron chi connectivity index (χ1n) is 7.78. The number of nitrogens with zero attached hydrogens (tertiary/aromatic N) is 1. The van der Waals surface area contributed by atoms with Crippen LogP contribution in [0.4, 0.5) is 0 Å². The van der Waals surface area contributed by atoms with Crippen LogP contribution in [0.15, 0.2) is 35.0 Å². The molecule has 1 aliphatic carbocycles. The predicted molar refractivity (Wildman–Crippen MR) is 86.9 cm³/mol. The highest BCUT2D eigenvalue weighted by atomic mass is 32.1. The number of rotatable bonds is 3. The Morgan fingerprint density at radius 1 is 1.29 bits per heavy atom. The van der Waals surface area contributed by atoms with E-state index in [0.717, 1.165) is 24.8 Å². The van der Waals surface area contributed by atoms with Gasteiger partial charge in [0, 0.05) is 30.8 Å².